The van der Waals surface area contributed by atoms with Crippen molar-refractivity contribution < 1.29 is 9.59 Å². The fourth-order valence-corrected chi connectivity index (χ4v) is 7.11. The summed E-state index contributed by atoms with van der Waals surface area (Å²) in [6.07, 6.45) is 3.83. The van der Waals surface area contributed by atoms with Crippen molar-refractivity contribution in [2.24, 2.45) is 5.41 Å². The van der Waals surface area contributed by atoms with Crippen LogP contribution >= 0.6 is 23.1 Å². The van der Waals surface area contributed by atoms with Gasteiger partial charge < -0.3 is 10.6 Å². The molecule has 0 aliphatic heterocycles. The molecule has 7 heteroatoms. The van der Waals surface area contributed by atoms with Crippen molar-refractivity contribution in [3.05, 3.63) is 76.2 Å². The first-order valence-corrected chi connectivity index (χ1v) is 14.8. The smallest absolute Gasteiger partial charge is 0.238 e. The van der Waals surface area contributed by atoms with Gasteiger partial charge in [0.05, 0.1) is 10.8 Å². The van der Waals surface area contributed by atoms with E-state index < -0.39 is 0 Å². The van der Waals surface area contributed by atoms with Crippen LogP contribution in [0.25, 0.3) is 0 Å². The molecule has 1 aliphatic carbocycles. The zero-order chi connectivity index (χ0) is 27.3. The Bertz CT molecular complexity index is 1340. The molecule has 4 rings (SSSR count). The molecule has 0 saturated carbocycles. The van der Waals surface area contributed by atoms with E-state index in [0.29, 0.717) is 29.3 Å². The minimum absolute atomic E-state index is 0.0235. The number of nitrogens with zero attached hydrogens (tertiary/aromatic N) is 1. The largest absolute Gasteiger partial charge is 0.326 e. The first-order valence-electron chi connectivity index (χ1n) is 13.1. The molecule has 198 valence electrons. The third-order valence-corrected chi connectivity index (χ3v) is 9.16. The van der Waals surface area contributed by atoms with Crippen LogP contribution in [0.2, 0.25) is 0 Å². The molecule has 0 bridgehead atoms. The Kier molecular flexibility index (Phi) is 8.96. The third kappa shape index (κ3) is 7.06. The number of nitriles is 1. The highest BCUT2D eigenvalue weighted by Gasteiger charge is 2.28. The normalized spacial score (nSPS) is 15.7. The maximum absolute atomic E-state index is 13.3. The summed E-state index contributed by atoms with van der Waals surface area (Å²) in [6, 6.07) is 20.5. The molecule has 1 heterocycles. The van der Waals surface area contributed by atoms with Crippen LogP contribution < -0.4 is 10.6 Å². The summed E-state index contributed by atoms with van der Waals surface area (Å²) in [5.41, 5.74) is 3.68. The van der Waals surface area contributed by atoms with E-state index in [1.807, 2.05) is 58.0 Å². The topological polar surface area (TPSA) is 82.0 Å². The van der Waals surface area contributed by atoms with Gasteiger partial charge in [-0.05, 0) is 66.3 Å². The van der Waals surface area contributed by atoms with Crippen molar-refractivity contribution in [3.63, 3.8) is 0 Å². The van der Waals surface area contributed by atoms with E-state index in [4.69, 9.17) is 0 Å². The maximum Gasteiger partial charge on any atom is 0.238 e. The highest BCUT2D eigenvalue weighted by atomic mass is 32.2. The van der Waals surface area contributed by atoms with E-state index in [-0.39, 0.29) is 22.5 Å². The lowest BCUT2D eigenvalue weighted by Crippen LogP contribution is -2.24. The number of carbonyl (C=O) groups is 2. The van der Waals surface area contributed by atoms with Crippen molar-refractivity contribution in [1.29, 1.82) is 5.26 Å². The summed E-state index contributed by atoms with van der Waals surface area (Å²) >= 11 is 3.02. The monoisotopic (exact) mass is 545 g/mol. The van der Waals surface area contributed by atoms with E-state index in [1.165, 1.54) is 22.2 Å². The van der Waals surface area contributed by atoms with Gasteiger partial charge in [-0.15, -0.1) is 23.1 Å². The summed E-state index contributed by atoms with van der Waals surface area (Å²) in [5, 5.41) is 16.3. The standard InChI is InChI=1S/C31H35N3O2S2/c1-5-26(37-23-13-9-12-22(17-23)33-28(35)18-31(2,3)4)29(36)34-30-25(19-32)24-15-14-21(16-27(24)38-30)20-10-7-6-8-11-20/h6-13,17,21,26H,5,14-16,18H2,1-4H3,(H,33,35)(H,34,36). The predicted octanol–water partition coefficient (Wildman–Crippen LogP) is 7.78. The number of hydrogen-bond acceptors (Lipinski definition) is 5. The third-order valence-electron chi connectivity index (χ3n) is 6.64. The number of carbonyl (C=O) groups excluding carboxylic acids is 2. The van der Waals surface area contributed by atoms with Gasteiger partial charge in [-0.25, -0.2) is 0 Å². The molecule has 0 spiro atoms. The van der Waals surface area contributed by atoms with Crippen LogP contribution in [-0.2, 0) is 22.4 Å². The Hall–Kier alpha value is -3.08. The van der Waals surface area contributed by atoms with Crippen LogP contribution in [0.1, 0.15) is 74.4 Å². The van der Waals surface area contributed by atoms with E-state index in [9.17, 15) is 14.9 Å². The van der Waals surface area contributed by atoms with Crippen LogP contribution in [0.4, 0.5) is 10.7 Å². The van der Waals surface area contributed by atoms with Gasteiger partial charge in [0, 0.05) is 21.9 Å². The summed E-state index contributed by atoms with van der Waals surface area (Å²) in [4.78, 5) is 27.8. The number of thiophene rings is 1. The van der Waals surface area contributed by atoms with Gasteiger partial charge in [-0.1, -0.05) is 64.1 Å². The van der Waals surface area contributed by atoms with Crippen LogP contribution in [-0.4, -0.2) is 17.1 Å². The number of hydrogen-bond donors (Lipinski definition) is 2. The minimum Gasteiger partial charge on any atom is -0.326 e. The summed E-state index contributed by atoms with van der Waals surface area (Å²) in [6.45, 7) is 8.09. The molecule has 2 unspecified atom stereocenters. The molecule has 5 nitrogen and oxygen atoms in total. The van der Waals surface area contributed by atoms with E-state index in [1.54, 1.807) is 11.3 Å². The quantitative estimate of drug-likeness (QED) is 0.283. The lowest BCUT2D eigenvalue weighted by molar-refractivity contribution is -0.118. The molecule has 1 aromatic heterocycles. The van der Waals surface area contributed by atoms with E-state index in [2.05, 4.69) is 41.0 Å². The van der Waals surface area contributed by atoms with Crippen molar-refractivity contribution in [2.45, 2.75) is 75.9 Å². The predicted molar refractivity (Wildman–Crippen MR) is 158 cm³/mol. The van der Waals surface area contributed by atoms with Crippen LogP contribution in [0.3, 0.4) is 0 Å². The Morgan fingerprint density at radius 3 is 2.58 bits per heavy atom. The van der Waals surface area contributed by atoms with Crippen molar-refractivity contribution >= 4 is 45.6 Å². The molecule has 38 heavy (non-hydrogen) atoms. The summed E-state index contributed by atoms with van der Waals surface area (Å²) in [5.74, 6) is 0.312. The number of amides is 2. The number of anilines is 2. The van der Waals surface area contributed by atoms with Gasteiger partial charge in [-0.3, -0.25) is 9.59 Å². The van der Waals surface area contributed by atoms with E-state index >= 15 is 0 Å². The summed E-state index contributed by atoms with van der Waals surface area (Å²) < 4.78 is 0. The molecular weight excluding hydrogens is 510 g/mol. The van der Waals surface area contributed by atoms with Crippen LogP contribution in [0, 0.1) is 16.7 Å². The molecule has 1 aliphatic rings. The second-order valence-electron chi connectivity index (χ2n) is 11.0. The lowest BCUT2D eigenvalue weighted by Gasteiger charge is -2.22. The fraction of sp³-hybridized carbons (Fsp3) is 0.387. The lowest BCUT2D eigenvalue weighted by atomic mass is 9.83. The Balaban J connectivity index is 1.44. The molecule has 0 radical (unpaired) electrons. The average Bonchev–Trinajstić information content (AvgIpc) is 3.22. The first-order chi connectivity index (χ1) is 18.2. The van der Waals surface area contributed by atoms with Gasteiger partial charge in [0.15, 0.2) is 0 Å². The average molecular weight is 546 g/mol. The van der Waals surface area contributed by atoms with Crippen LogP contribution in [0.15, 0.2) is 59.5 Å². The van der Waals surface area contributed by atoms with Gasteiger partial charge in [0.1, 0.15) is 11.1 Å². The van der Waals surface area contributed by atoms with Gasteiger partial charge >= 0.3 is 0 Å². The SMILES string of the molecule is CCC(Sc1cccc(NC(=O)CC(C)(C)C)c1)C(=O)Nc1sc2c(c1C#N)CCC(c1ccccc1)C2. The highest BCUT2D eigenvalue weighted by molar-refractivity contribution is 8.00. The Morgan fingerprint density at radius 2 is 1.89 bits per heavy atom. The second kappa shape index (κ2) is 12.2. The number of fused-ring (bicyclic) bond motifs is 1. The molecule has 2 amide bonds. The zero-order valence-electron chi connectivity index (χ0n) is 22.5. The molecule has 2 atom stereocenters. The van der Waals surface area contributed by atoms with Gasteiger partial charge in [0.2, 0.25) is 11.8 Å². The van der Waals surface area contributed by atoms with Crippen LogP contribution in [0.5, 0.6) is 0 Å². The zero-order valence-corrected chi connectivity index (χ0v) is 24.1. The number of thioether (sulfide) groups is 1. The van der Waals surface area contributed by atoms with Crippen molar-refractivity contribution in [3.8, 4) is 6.07 Å². The highest BCUT2D eigenvalue weighted by Crippen LogP contribution is 2.42. The number of nitrogens with one attached hydrogen (secondary N) is 2. The fourth-order valence-electron chi connectivity index (χ4n) is 4.81. The molecule has 2 aromatic carbocycles. The van der Waals surface area contributed by atoms with Crippen molar-refractivity contribution in [1.82, 2.24) is 0 Å². The molecular formula is C31H35N3O2S2. The Labute approximate surface area is 234 Å². The number of rotatable bonds is 8. The molecule has 2 N–H and O–H groups in total. The molecule has 0 fully saturated rings. The van der Waals surface area contributed by atoms with E-state index in [0.717, 1.165) is 35.4 Å². The van der Waals surface area contributed by atoms with Gasteiger partial charge in [-0.2, -0.15) is 5.26 Å². The second-order valence-corrected chi connectivity index (χ2v) is 13.4. The number of benzene rings is 2. The molecule has 0 saturated heterocycles. The maximum atomic E-state index is 13.3. The first kappa shape index (κ1) is 27.9. The Morgan fingerprint density at radius 1 is 1.13 bits per heavy atom. The molecule has 3 aromatic rings. The summed E-state index contributed by atoms with van der Waals surface area (Å²) in [7, 11) is 0. The van der Waals surface area contributed by atoms with Gasteiger partial charge in [0.25, 0.3) is 0 Å². The minimum atomic E-state index is -0.321. The van der Waals surface area contributed by atoms with Crippen molar-refractivity contribution in [2.75, 3.05) is 10.6 Å².